The second kappa shape index (κ2) is 7.82. The summed E-state index contributed by atoms with van der Waals surface area (Å²) in [6.07, 6.45) is 1.23. The van der Waals surface area contributed by atoms with E-state index in [0.717, 1.165) is 11.1 Å². The quantitative estimate of drug-likeness (QED) is 0.476. The van der Waals surface area contributed by atoms with Gasteiger partial charge >= 0.3 is 5.97 Å². The molecule has 1 aromatic heterocycles. The number of halogens is 1. The van der Waals surface area contributed by atoms with Crippen LogP contribution in [0.1, 0.15) is 11.1 Å². The van der Waals surface area contributed by atoms with Gasteiger partial charge in [-0.3, -0.25) is 4.79 Å². The van der Waals surface area contributed by atoms with Crippen molar-refractivity contribution in [3.8, 4) is 17.2 Å². The first-order valence-electron chi connectivity index (χ1n) is 8.09. The molecule has 0 aliphatic carbocycles. The second-order valence-electron chi connectivity index (χ2n) is 5.97. The van der Waals surface area contributed by atoms with E-state index in [2.05, 4.69) is 0 Å². The summed E-state index contributed by atoms with van der Waals surface area (Å²) >= 11 is 6.15. The summed E-state index contributed by atoms with van der Waals surface area (Å²) in [6, 6.07) is 7.98. The Balaban J connectivity index is 1.91. The highest BCUT2D eigenvalue weighted by Gasteiger charge is 2.13. The second-order valence-corrected chi connectivity index (χ2v) is 6.35. The summed E-state index contributed by atoms with van der Waals surface area (Å²) in [5.41, 5.74) is 1.63. The first kappa shape index (κ1) is 18.9. The number of ether oxygens (including phenoxy) is 3. The zero-order chi connectivity index (χ0) is 19.6. The summed E-state index contributed by atoms with van der Waals surface area (Å²) in [6.45, 7) is 3.55. The van der Waals surface area contributed by atoms with Crippen LogP contribution in [0, 0.1) is 13.8 Å². The molecule has 0 saturated heterocycles. The molecule has 0 unspecified atom stereocenters. The number of carbonyl (C=O) groups excluding carboxylic acids is 1. The van der Waals surface area contributed by atoms with E-state index >= 15 is 0 Å². The lowest BCUT2D eigenvalue weighted by atomic mass is 10.1. The maximum atomic E-state index is 12.7. The van der Waals surface area contributed by atoms with Crippen molar-refractivity contribution in [1.82, 2.24) is 0 Å². The van der Waals surface area contributed by atoms with Crippen molar-refractivity contribution in [2.45, 2.75) is 13.8 Å². The van der Waals surface area contributed by atoms with Gasteiger partial charge in [-0.05, 0) is 49.2 Å². The Labute approximate surface area is 160 Å². The van der Waals surface area contributed by atoms with Crippen molar-refractivity contribution in [3.63, 3.8) is 0 Å². The van der Waals surface area contributed by atoms with E-state index in [-0.39, 0.29) is 29.1 Å². The van der Waals surface area contributed by atoms with Crippen LogP contribution in [0.5, 0.6) is 17.2 Å². The lowest BCUT2D eigenvalue weighted by molar-refractivity contribution is -0.138. The molecule has 3 rings (SSSR count). The number of methoxy groups -OCH3 is 1. The number of fused-ring (bicyclic) bond motifs is 1. The Kier molecular flexibility index (Phi) is 5.48. The molecule has 0 aliphatic heterocycles. The molecule has 0 aliphatic rings. The third kappa shape index (κ3) is 4.13. The highest BCUT2D eigenvalue weighted by atomic mass is 35.5. The smallest absolute Gasteiger partial charge is 0.337 e. The highest BCUT2D eigenvalue weighted by Crippen LogP contribution is 2.29. The zero-order valence-electron chi connectivity index (χ0n) is 15.0. The molecule has 0 N–H and O–H groups in total. The molecule has 0 fully saturated rings. The lowest BCUT2D eigenvalue weighted by Crippen LogP contribution is -2.14. The molecule has 0 spiro atoms. The van der Waals surface area contributed by atoms with Crippen molar-refractivity contribution in [1.29, 1.82) is 0 Å². The van der Waals surface area contributed by atoms with Crippen molar-refractivity contribution in [3.05, 3.63) is 63.0 Å². The fourth-order valence-corrected chi connectivity index (χ4v) is 2.70. The van der Waals surface area contributed by atoms with Gasteiger partial charge in [-0.2, -0.15) is 0 Å². The Hall–Kier alpha value is -2.83. The zero-order valence-corrected chi connectivity index (χ0v) is 15.8. The molecule has 0 atom stereocenters. The average molecular weight is 389 g/mol. The number of carbonyl (C=O) groups is 1. The number of esters is 1. The average Bonchev–Trinajstić information content (AvgIpc) is 2.62. The van der Waals surface area contributed by atoms with E-state index in [1.54, 1.807) is 12.1 Å². The third-order valence-electron chi connectivity index (χ3n) is 3.85. The van der Waals surface area contributed by atoms with Crippen LogP contribution < -0.4 is 14.9 Å². The van der Waals surface area contributed by atoms with Crippen LogP contribution >= 0.6 is 11.6 Å². The molecular weight excluding hydrogens is 372 g/mol. The van der Waals surface area contributed by atoms with Gasteiger partial charge in [-0.25, -0.2) is 4.79 Å². The van der Waals surface area contributed by atoms with Crippen LogP contribution in [0.4, 0.5) is 0 Å². The van der Waals surface area contributed by atoms with Gasteiger partial charge in [-0.15, -0.1) is 0 Å². The molecule has 0 amide bonds. The van der Waals surface area contributed by atoms with Crippen LogP contribution in [-0.4, -0.2) is 19.7 Å². The molecule has 27 heavy (non-hydrogen) atoms. The lowest BCUT2D eigenvalue weighted by Gasteiger charge is -2.10. The minimum atomic E-state index is -0.548. The Bertz CT molecular complexity index is 1050. The Morgan fingerprint density at radius 1 is 1.11 bits per heavy atom. The standard InChI is InChI=1S/C20H17ClO6/c1-11-6-14(7-12(2)19(11)21)26-17-9-25-16-8-13(27-18(22)10-24-3)4-5-15(16)20(17)23/h4-9H,10H2,1-3H3. The van der Waals surface area contributed by atoms with E-state index < -0.39 is 5.97 Å². The van der Waals surface area contributed by atoms with Gasteiger partial charge in [0.2, 0.25) is 11.2 Å². The molecule has 1 heterocycles. The van der Waals surface area contributed by atoms with Crippen LogP contribution in [0.2, 0.25) is 5.02 Å². The van der Waals surface area contributed by atoms with Gasteiger partial charge in [0.05, 0.1) is 5.39 Å². The number of hydrogen-bond acceptors (Lipinski definition) is 6. The highest BCUT2D eigenvalue weighted by molar-refractivity contribution is 6.32. The molecule has 0 bridgehead atoms. The monoisotopic (exact) mass is 388 g/mol. The SMILES string of the molecule is COCC(=O)Oc1ccc2c(=O)c(Oc3cc(C)c(Cl)c(C)c3)coc2c1. The predicted octanol–water partition coefficient (Wildman–Crippen LogP) is 4.41. The Morgan fingerprint density at radius 3 is 2.48 bits per heavy atom. The summed E-state index contributed by atoms with van der Waals surface area (Å²) < 4.78 is 21.0. The molecule has 7 heteroatoms. The van der Waals surface area contributed by atoms with Crippen LogP contribution in [0.3, 0.4) is 0 Å². The summed E-state index contributed by atoms with van der Waals surface area (Å²) in [4.78, 5) is 24.1. The van der Waals surface area contributed by atoms with E-state index in [4.69, 9.17) is 30.2 Å². The molecular formula is C20H17ClO6. The molecule has 2 aromatic carbocycles. The topological polar surface area (TPSA) is 75.0 Å². The fraction of sp³-hybridized carbons (Fsp3) is 0.200. The van der Waals surface area contributed by atoms with Crippen LogP contribution in [0.15, 0.2) is 45.8 Å². The van der Waals surface area contributed by atoms with Gasteiger partial charge in [0.25, 0.3) is 0 Å². The summed E-state index contributed by atoms with van der Waals surface area (Å²) in [7, 11) is 1.39. The van der Waals surface area contributed by atoms with E-state index in [9.17, 15) is 9.59 Å². The maximum Gasteiger partial charge on any atom is 0.337 e. The molecule has 3 aromatic rings. The molecule has 6 nitrogen and oxygen atoms in total. The fourth-order valence-electron chi connectivity index (χ4n) is 2.60. The minimum absolute atomic E-state index is 0.0488. The first-order chi connectivity index (χ1) is 12.9. The number of hydrogen-bond donors (Lipinski definition) is 0. The Morgan fingerprint density at radius 2 is 1.81 bits per heavy atom. The summed E-state index contributed by atoms with van der Waals surface area (Å²) in [5, 5.41) is 0.963. The van der Waals surface area contributed by atoms with Gasteiger partial charge in [0.15, 0.2) is 0 Å². The number of benzene rings is 2. The third-order valence-corrected chi connectivity index (χ3v) is 4.44. The number of aryl methyl sites for hydroxylation is 2. The maximum absolute atomic E-state index is 12.7. The van der Waals surface area contributed by atoms with Crippen molar-refractivity contribution < 1.29 is 23.4 Å². The van der Waals surface area contributed by atoms with E-state index in [1.165, 1.54) is 31.6 Å². The summed E-state index contributed by atoms with van der Waals surface area (Å²) in [5.74, 6) is 0.247. The minimum Gasteiger partial charge on any atom is -0.460 e. The molecule has 140 valence electrons. The van der Waals surface area contributed by atoms with E-state index in [0.29, 0.717) is 16.2 Å². The van der Waals surface area contributed by atoms with Gasteiger partial charge in [-0.1, -0.05) is 11.6 Å². The van der Waals surface area contributed by atoms with Gasteiger partial charge in [0.1, 0.15) is 30.0 Å². The normalized spacial score (nSPS) is 10.8. The molecule has 0 radical (unpaired) electrons. The molecule has 0 saturated carbocycles. The van der Waals surface area contributed by atoms with Crippen LogP contribution in [0.25, 0.3) is 11.0 Å². The van der Waals surface area contributed by atoms with Crippen molar-refractivity contribution in [2.75, 3.05) is 13.7 Å². The van der Waals surface area contributed by atoms with E-state index in [1.807, 2.05) is 13.8 Å². The van der Waals surface area contributed by atoms with Crippen molar-refractivity contribution in [2.24, 2.45) is 0 Å². The van der Waals surface area contributed by atoms with Gasteiger partial charge < -0.3 is 18.6 Å². The predicted molar refractivity (Wildman–Crippen MR) is 101 cm³/mol. The first-order valence-corrected chi connectivity index (χ1v) is 8.46. The number of rotatable bonds is 5. The van der Waals surface area contributed by atoms with Crippen molar-refractivity contribution >= 4 is 28.5 Å². The van der Waals surface area contributed by atoms with Gasteiger partial charge in [0, 0.05) is 18.2 Å². The largest absolute Gasteiger partial charge is 0.460 e. The van der Waals surface area contributed by atoms with Crippen LogP contribution in [-0.2, 0) is 9.53 Å².